The topological polar surface area (TPSA) is 102 Å². The van der Waals surface area contributed by atoms with Gasteiger partial charge in [0.2, 0.25) is 6.29 Å². The molecule has 0 radical (unpaired) electrons. The number of carboxylic acids is 1. The van der Waals surface area contributed by atoms with Crippen LogP contribution in [0.3, 0.4) is 0 Å². The molecule has 0 bridgehead atoms. The number of benzene rings is 2. The summed E-state index contributed by atoms with van der Waals surface area (Å²) in [5.41, 5.74) is 0.248. The van der Waals surface area contributed by atoms with Crippen LogP contribution in [0.15, 0.2) is 48.5 Å². The van der Waals surface area contributed by atoms with Crippen molar-refractivity contribution in [1.29, 1.82) is 0 Å². The molecule has 0 aliphatic rings. The maximum atomic E-state index is 11.2. The number of anilines is 1. The zero-order valence-electron chi connectivity index (χ0n) is 12.6. The second-order valence-corrected chi connectivity index (χ2v) is 4.67. The number of aliphatic carboxylic acids is 1. The molecule has 2 N–H and O–H groups in total. The van der Waals surface area contributed by atoms with Gasteiger partial charge in [-0.15, -0.1) is 0 Å². The van der Waals surface area contributed by atoms with Gasteiger partial charge in [-0.3, -0.25) is 14.4 Å². The van der Waals surface area contributed by atoms with Gasteiger partial charge in [-0.05, 0) is 24.3 Å². The highest BCUT2D eigenvalue weighted by atomic mass is 16.5. The summed E-state index contributed by atoms with van der Waals surface area (Å²) < 4.78 is 11.0. The molecular formula is C17H15NO6. The van der Waals surface area contributed by atoms with Crippen LogP contribution in [0.5, 0.6) is 17.2 Å². The van der Waals surface area contributed by atoms with E-state index in [1.807, 2.05) is 18.2 Å². The predicted octanol–water partition coefficient (Wildman–Crippen LogP) is 2.47. The van der Waals surface area contributed by atoms with Crippen molar-refractivity contribution in [3.63, 3.8) is 0 Å². The number of aldehydes is 1. The average molecular weight is 329 g/mol. The fourth-order valence-electron chi connectivity index (χ4n) is 1.82. The maximum Gasteiger partial charge on any atom is 0.306 e. The van der Waals surface area contributed by atoms with Gasteiger partial charge in [0.25, 0.3) is 5.91 Å². The number of hydrogen-bond donors (Lipinski definition) is 2. The highest BCUT2D eigenvalue weighted by molar-refractivity contribution is 6.29. The molecule has 2 rings (SSSR count). The Morgan fingerprint density at radius 2 is 1.83 bits per heavy atom. The summed E-state index contributed by atoms with van der Waals surface area (Å²) in [7, 11) is 0. The van der Waals surface area contributed by atoms with Crippen molar-refractivity contribution in [2.24, 2.45) is 0 Å². The Kier molecular flexibility index (Phi) is 5.90. The normalized spacial score (nSPS) is 9.83. The molecule has 0 atom stereocenters. The van der Waals surface area contributed by atoms with E-state index in [0.717, 1.165) is 0 Å². The number of amides is 1. The van der Waals surface area contributed by atoms with Gasteiger partial charge in [-0.2, -0.15) is 0 Å². The van der Waals surface area contributed by atoms with Crippen LogP contribution in [0.2, 0.25) is 0 Å². The van der Waals surface area contributed by atoms with Gasteiger partial charge in [-0.1, -0.05) is 18.2 Å². The fraction of sp³-hybridized carbons (Fsp3) is 0.118. The van der Waals surface area contributed by atoms with E-state index in [-0.39, 0.29) is 30.8 Å². The summed E-state index contributed by atoms with van der Waals surface area (Å²) in [5.74, 6) is -0.589. The second-order valence-electron chi connectivity index (χ2n) is 4.67. The third kappa shape index (κ3) is 5.13. The quantitative estimate of drug-likeness (QED) is 0.570. The molecule has 0 aliphatic carbocycles. The van der Waals surface area contributed by atoms with Gasteiger partial charge in [-0.25, -0.2) is 0 Å². The third-order valence-electron chi connectivity index (χ3n) is 2.87. The van der Waals surface area contributed by atoms with E-state index in [1.54, 1.807) is 18.2 Å². The monoisotopic (exact) mass is 329 g/mol. The van der Waals surface area contributed by atoms with Crippen LogP contribution in [-0.2, 0) is 14.4 Å². The Morgan fingerprint density at radius 1 is 1.08 bits per heavy atom. The summed E-state index contributed by atoms with van der Waals surface area (Å²) in [6.45, 7) is -0.0892. The highest BCUT2D eigenvalue weighted by Gasteiger charge is 2.10. The summed E-state index contributed by atoms with van der Waals surface area (Å²) >= 11 is 0. The number of nitrogens with one attached hydrogen (secondary N) is 1. The minimum atomic E-state index is -1.01. The van der Waals surface area contributed by atoms with Crippen LogP contribution in [0.25, 0.3) is 0 Å². The minimum Gasteiger partial charge on any atom is -0.491 e. The lowest BCUT2D eigenvalue weighted by molar-refractivity contribution is -0.137. The smallest absolute Gasteiger partial charge is 0.306 e. The number of carbonyl (C=O) groups is 3. The molecule has 1 amide bonds. The van der Waals surface area contributed by atoms with Crippen LogP contribution in [-0.4, -0.2) is 29.9 Å². The Morgan fingerprint density at radius 3 is 2.50 bits per heavy atom. The van der Waals surface area contributed by atoms with Crippen LogP contribution in [0.1, 0.15) is 6.42 Å². The number of ether oxygens (including phenoxy) is 2. The van der Waals surface area contributed by atoms with Gasteiger partial charge in [0, 0.05) is 6.07 Å². The van der Waals surface area contributed by atoms with Crippen molar-refractivity contribution in [1.82, 2.24) is 0 Å². The summed E-state index contributed by atoms with van der Waals surface area (Å²) in [5, 5.41) is 11.0. The predicted molar refractivity (Wildman–Crippen MR) is 85.4 cm³/mol. The SMILES string of the molecule is O=CC(=O)Nc1ccc(Oc2ccccc2)cc1OCCC(=O)O. The zero-order chi connectivity index (χ0) is 17.4. The van der Waals surface area contributed by atoms with E-state index in [0.29, 0.717) is 11.5 Å². The Labute approximate surface area is 137 Å². The lowest BCUT2D eigenvalue weighted by Gasteiger charge is -2.13. The number of hydrogen-bond acceptors (Lipinski definition) is 5. The first-order valence-corrected chi connectivity index (χ1v) is 7.06. The highest BCUT2D eigenvalue weighted by Crippen LogP contribution is 2.32. The molecule has 0 fully saturated rings. The first-order valence-electron chi connectivity index (χ1n) is 7.06. The number of rotatable bonds is 8. The van der Waals surface area contributed by atoms with Gasteiger partial charge >= 0.3 is 5.97 Å². The van der Waals surface area contributed by atoms with Crippen LogP contribution in [0, 0.1) is 0 Å². The van der Waals surface area contributed by atoms with Crippen molar-refractivity contribution >= 4 is 23.9 Å². The standard InChI is InChI=1S/C17H15NO6/c19-11-16(20)18-14-7-6-13(24-12-4-2-1-3-5-12)10-15(14)23-9-8-17(21)22/h1-7,10-11H,8-9H2,(H,18,20)(H,21,22). The second kappa shape index (κ2) is 8.33. The van der Waals surface area contributed by atoms with Gasteiger partial charge in [0.05, 0.1) is 18.7 Å². The molecule has 2 aromatic carbocycles. The summed E-state index contributed by atoms with van der Waals surface area (Å²) in [6.07, 6.45) is -0.0692. The molecular weight excluding hydrogens is 314 g/mol. The van der Waals surface area contributed by atoms with Gasteiger partial charge in [0.1, 0.15) is 17.2 Å². The van der Waals surface area contributed by atoms with Crippen LogP contribution < -0.4 is 14.8 Å². The average Bonchev–Trinajstić information content (AvgIpc) is 2.57. The molecule has 7 nitrogen and oxygen atoms in total. The Bertz CT molecular complexity index is 729. The lowest BCUT2D eigenvalue weighted by atomic mass is 10.2. The van der Waals surface area contributed by atoms with E-state index >= 15 is 0 Å². The van der Waals surface area contributed by atoms with Crippen LogP contribution in [0.4, 0.5) is 5.69 Å². The van der Waals surface area contributed by atoms with Crippen molar-refractivity contribution < 1.29 is 29.0 Å². The molecule has 24 heavy (non-hydrogen) atoms. The summed E-state index contributed by atoms with van der Waals surface area (Å²) in [4.78, 5) is 32.3. The minimum absolute atomic E-state index is 0.0892. The van der Waals surface area contributed by atoms with Crippen molar-refractivity contribution in [3.05, 3.63) is 48.5 Å². The molecule has 124 valence electrons. The van der Waals surface area contributed by atoms with E-state index in [2.05, 4.69) is 5.32 Å². The first-order chi connectivity index (χ1) is 11.6. The molecule has 0 aromatic heterocycles. The van der Waals surface area contributed by atoms with Crippen LogP contribution >= 0.6 is 0 Å². The number of para-hydroxylation sites is 1. The van der Waals surface area contributed by atoms with E-state index in [1.165, 1.54) is 12.1 Å². The molecule has 0 saturated carbocycles. The van der Waals surface area contributed by atoms with E-state index < -0.39 is 11.9 Å². The molecule has 7 heteroatoms. The van der Waals surface area contributed by atoms with E-state index in [4.69, 9.17) is 14.6 Å². The largest absolute Gasteiger partial charge is 0.491 e. The van der Waals surface area contributed by atoms with Gasteiger partial charge in [0.15, 0.2) is 0 Å². The molecule has 0 unspecified atom stereocenters. The van der Waals surface area contributed by atoms with Gasteiger partial charge < -0.3 is 19.9 Å². The lowest BCUT2D eigenvalue weighted by Crippen LogP contribution is -2.14. The van der Waals surface area contributed by atoms with E-state index in [9.17, 15) is 14.4 Å². The molecule has 0 aliphatic heterocycles. The molecule has 0 spiro atoms. The van der Waals surface area contributed by atoms with Crippen molar-refractivity contribution in [2.75, 3.05) is 11.9 Å². The fourth-order valence-corrected chi connectivity index (χ4v) is 1.82. The first kappa shape index (κ1) is 17.0. The number of carboxylic acid groups (broad SMARTS) is 1. The van der Waals surface area contributed by atoms with Crippen molar-refractivity contribution in [2.45, 2.75) is 6.42 Å². The number of carbonyl (C=O) groups excluding carboxylic acids is 2. The Hall–Kier alpha value is -3.35. The Balaban J connectivity index is 2.19. The van der Waals surface area contributed by atoms with Crippen molar-refractivity contribution in [3.8, 4) is 17.2 Å². The summed E-state index contributed by atoms with van der Waals surface area (Å²) in [6, 6.07) is 13.6. The third-order valence-corrected chi connectivity index (χ3v) is 2.87. The molecule has 0 saturated heterocycles. The molecule has 2 aromatic rings. The zero-order valence-corrected chi connectivity index (χ0v) is 12.6. The maximum absolute atomic E-state index is 11.2. The molecule has 0 heterocycles.